The van der Waals surface area contributed by atoms with Gasteiger partial charge in [0.05, 0.1) is 0 Å². The normalized spacial score (nSPS) is 36.0. The van der Waals surface area contributed by atoms with Gasteiger partial charge in [-0.2, -0.15) is 52.7 Å². The lowest BCUT2D eigenvalue weighted by atomic mass is 10.1. The minimum absolute atomic E-state index is 2.25. The first-order valence-corrected chi connectivity index (χ1v) is 4.58. The molecule has 2 rings (SSSR count). The zero-order valence-corrected chi connectivity index (χ0v) is 8.85. The van der Waals surface area contributed by atoms with Crippen LogP contribution in [0.4, 0.5) is 52.7 Å². The average molecular weight is 344 g/mol. The molecule has 14 heteroatoms. The molecule has 0 N–H and O–H groups in total. The van der Waals surface area contributed by atoms with Crippen molar-refractivity contribution in [1.82, 2.24) is 0 Å². The summed E-state index contributed by atoms with van der Waals surface area (Å²) in [5.74, 6) is -34.0. The van der Waals surface area contributed by atoms with E-state index in [0.717, 1.165) is 0 Å². The van der Waals surface area contributed by atoms with E-state index in [4.69, 9.17) is 0 Å². The smallest absolute Gasteiger partial charge is 0.268 e. The molecule has 2 aliphatic rings. The van der Waals surface area contributed by atoms with Crippen molar-refractivity contribution < 1.29 is 62.2 Å². The third-order valence-corrected chi connectivity index (χ3v) is 2.89. The Hall–Kier alpha value is -0.920. The Morgan fingerprint density at radius 1 is 0.381 bits per heavy atom. The van der Waals surface area contributed by atoms with Crippen LogP contribution in [0.1, 0.15) is 0 Å². The van der Waals surface area contributed by atoms with Gasteiger partial charge in [-0.25, -0.2) is 0 Å². The fraction of sp³-hybridized carbons (Fsp3) is 1.00. The van der Waals surface area contributed by atoms with Crippen molar-refractivity contribution in [3.05, 3.63) is 0 Å². The summed E-state index contributed by atoms with van der Waals surface area (Å²) >= 11 is 0. The maximum atomic E-state index is 13.1. The van der Waals surface area contributed by atoms with Crippen LogP contribution in [0.25, 0.3) is 0 Å². The first-order chi connectivity index (χ1) is 8.91. The van der Waals surface area contributed by atoms with Gasteiger partial charge >= 0.3 is 41.7 Å². The molecule has 0 aromatic carbocycles. The monoisotopic (exact) mass is 344 g/mol. The number of hydrogen-bond acceptors (Lipinski definition) is 2. The highest BCUT2D eigenvalue weighted by Crippen LogP contribution is 2.73. The van der Waals surface area contributed by atoms with Crippen molar-refractivity contribution in [2.75, 3.05) is 0 Å². The van der Waals surface area contributed by atoms with Crippen LogP contribution in [0.3, 0.4) is 0 Å². The SMILES string of the molecule is FC1(F)OC2(OC1(F)F)C(F)(F)C(F)(F)C(F)(F)C2(F)F. The fourth-order valence-electron chi connectivity index (χ4n) is 1.76. The van der Waals surface area contributed by atoms with E-state index >= 15 is 0 Å². The molecular formula is C7F12O2. The van der Waals surface area contributed by atoms with Gasteiger partial charge in [0, 0.05) is 0 Å². The first-order valence-electron chi connectivity index (χ1n) is 4.58. The molecule has 0 amide bonds. The van der Waals surface area contributed by atoms with Crippen LogP contribution in [-0.4, -0.2) is 41.7 Å². The lowest BCUT2D eigenvalue weighted by molar-refractivity contribution is -0.403. The zero-order valence-electron chi connectivity index (χ0n) is 8.85. The topological polar surface area (TPSA) is 18.5 Å². The van der Waals surface area contributed by atoms with E-state index in [2.05, 4.69) is 9.47 Å². The summed E-state index contributed by atoms with van der Waals surface area (Å²) in [6.07, 6.45) is -12.5. The maximum absolute atomic E-state index is 13.1. The van der Waals surface area contributed by atoms with Gasteiger partial charge in [-0.05, 0) is 0 Å². The number of ether oxygens (including phenoxy) is 2. The van der Waals surface area contributed by atoms with E-state index in [0.29, 0.717) is 0 Å². The second-order valence-corrected chi connectivity index (χ2v) is 4.15. The lowest BCUT2D eigenvalue weighted by Gasteiger charge is -2.31. The summed E-state index contributed by atoms with van der Waals surface area (Å²) in [5.41, 5.74) is 0. The van der Waals surface area contributed by atoms with Gasteiger partial charge in [0.1, 0.15) is 0 Å². The second kappa shape index (κ2) is 3.36. The number of rotatable bonds is 0. The van der Waals surface area contributed by atoms with Gasteiger partial charge in [-0.1, -0.05) is 0 Å². The molecule has 0 bridgehead atoms. The molecule has 2 nitrogen and oxygen atoms in total. The third kappa shape index (κ3) is 1.31. The highest BCUT2D eigenvalue weighted by Gasteiger charge is 3.05. The Kier molecular flexibility index (Phi) is 2.63. The molecule has 0 aromatic heterocycles. The predicted octanol–water partition coefficient (Wildman–Crippen LogP) is 3.47. The van der Waals surface area contributed by atoms with Gasteiger partial charge in [0.2, 0.25) is 0 Å². The molecule has 1 heterocycles. The molecule has 0 aromatic rings. The summed E-state index contributed by atoms with van der Waals surface area (Å²) in [5, 5.41) is 0. The molecule has 124 valence electrons. The maximum Gasteiger partial charge on any atom is 0.451 e. The molecule has 0 unspecified atom stereocenters. The Labute approximate surface area is 105 Å². The first kappa shape index (κ1) is 16.5. The molecule has 21 heavy (non-hydrogen) atoms. The van der Waals surface area contributed by atoms with E-state index in [1.54, 1.807) is 0 Å². The highest BCUT2D eigenvalue weighted by atomic mass is 19.4. The quantitative estimate of drug-likeness (QED) is 0.627. The summed E-state index contributed by atoms with van der Waals surface area (Å²) in [6.45, 7) is 0. The van der Waals surface area contributed by atoms with Crippen LogP contribution in [0.15, 0.2) is 0 Å². The van der Waals surface area contributed by atoms with Crippen molar-refractivity contribution in [3.63, 3.8) is 0 Å². The van der Waals surface area contributed by atoms with Gasteiger partial charge in [0.15, 0.2) is 0 Å². The molecular weight excluding hydrogens is 344 g/mol. The van der Waals surface area contributed by atoms with Crippen LogP contribution in [0.2, 0.25) is 0 Å². The lowest BCUT2D eigenvalue weighted by Crippen LogP contribution is -2.60. The number of alkyl halides is 12. The highest BCUT2D eigenvalue weighted by molar-refractivity contribution is 5.25. The van der Waals surface area contributed by atoms with Crippen LogP contribution in [0, 0.1) is 0 Å². The molecule has 1 saturated carbocycles. The van der Waals surface area contributed by atoms with Gasteiger partial charge in [0.25, 0.3) is 0 Å². The van der Waals surface area contributed by atoms with Crippen molar-refractivity contribution in [3.8, 4) is 0 Å². The molecule has 2 fully saturated rings. The number of hydrogen-bond donors (Lipinski definition) is 0. The van der Waals surface area contributed by atoms with Gasteiger partial charge in [-0.15, -0.1) is 0 Å². The van der Waals surface area contributed by atoms with Crippen LogP contribution in [0.5, 0.6) is 0 Å². The molecule has 0 atom stereocenters. The van der Waals surface area contributed by atoms with Crippen LogP contribution >= 0.6 is 0 Å². The molecule has 1 aliphatic heterocycles. The molecule has 1 aliphatic carbocycles. The molecule has 1 saturated heterocycles. The van der Waals surface area contributed by atoms with Crippen molar-refractivity contribution in [2.24, 2.45) is 0 Å². The van der Waals surface area contributed by atoms with E-state index < -0.39 is 41.7 Å². The Morgan fingerprint density at radius 2 is 0.619 bits per heavy atom. The Bertz CT molecular complexity index is 438. The summed E-state index contributed by atoms with van der Waals surface area (Å²) < 4.78 is 158. The second-order valence-electron chi connectivity index (χ2n) is 4.15. The van der Waals surface area contributed by atoms with E-state index in [-0.39, 0.29) is 0 Å². The van der Waals surface area contributed by atoms with Crippen molar-refractivity contribution >= 4 is 0 Å². The van der Waals surface area contributed by atoms with E-state index in [1.807, 2.05) is 0 Å². The third-order valence-electron chi connectivity index (χ3n) is 2.89. The van der Waals surface area contributed by atoms with Crippen molar-refractivity contribution in [1.29, 1.82) is 0 Å². The van der Waals surface area contributed by atoms with Crippen LogP contribution in [-0.2, 0) is 9.47 Å². The fourth-order valence-corrected chi connectivity index (χ4v) is 1.76. The summed E-state index contributed by atoms with van der Waals surface area (Å²) in [7, 11) is 0. The summed E-state index contributed by atoms with van der Waals surface area (Å²) in [6, 6.07) is 0. The number of halogens is 12. The molecule has 1 spiro atoms. The van der Waals surface area contributed by atoms with E-state index in [1.165, 1.54) is 0 Å². The minimum atomic E-state index is -7.00. The Balaban J connectivity index is 2.76. The zero-order chi connectivity index (χ0) is 16.9. The Morgan fingerprint density at radius 3 is 0.857 bits per heavy atom. The minimum Gasteiger partial charge on any atom is -0.268 e. The average Bonchev–Trinajstić information content (AvgIpc) is 2.47. The predicted molar refractivity (Wildman–Crippen MR) is 34.6 cm³/mol. The van der Waals surface area contributed by atoms with Crippen molar-refractivity contribution in [2.45, 2.75) is 41.7 Å². The van der Waals surface area contributed by atoms with E-state index in [9.17, 15) is 52.7 Å². The molecule has 0 radical (unpaired) electrons. The van der Waals surface area contributed by atoms with Gasteiger partial charge in [-0.3, -0.25) is 9.47 Å². The summed E-state index contributed by atoms with van der Waals surface area (Å²) in [4.78, 5) is 0. The van der Waals surface area contributed by atoms with Crippen LogP contribution < -0.4 is 0 Å². The largest absolute Gasteiger partial charge is 0.451 e. The van der Waals surface area contributed by atoms with Gasteiger partial charge < -0.3 is 0 Å². The standard InChI is InChI=1S/C7F12O2/c8-1(9)2(10,11)4(14,15)5(3(1,12)13)20-6(16,17)7(18,19)21-5.